The first-order valence-electron chi connectivity index (χ1n) is 7.05. The van der Waals surface area contributed by atoms with E-state index < -0.39 is 6.04 Å². The molecule has 0 bridgehead atoms. The molecule has 114 valence electrons. The van der Waals surface area contributed by atoms with Gasteiger partial charge in [0.15, 0.2) is 0 Å². The third-order valence-corrected chi connectivity index (χ3v) is 4.90. The monoisotopic (exact) mass is 416 g/mol. The van der Waals surface area contributed by atoms with E-state index in [-0.39, 0.29) is 24.3 Å². The van der Waals surface area contributed by atoms with Crippen molar-refractivity contribution in [2.45, 2.75) is 45.2 Å². The minimum atomic E-state index is -0.476. The normalized spacial score (nSPS) is 18.7. The summed E-state index contributed by atoms with van der Waals surface area (Å²) in [4.78, 5) is 26.0. The number of hydrogen-bond acceptors (Lipinski definition) is 3. The number of nitrogens with one attached hydrogen (secondary N) is 1. The number of anilines is 1. The maximum absolute atomic E-state index is 12.5. The van der Waals surface area contributed by atoms with Crippen LogP contribution in [0, 0.1) is 0 Å². The molecule has 0 spiro atoms. The average molecular weight is 418 g/mol. The fourth-order valence-corrected chi connectivity index (χ4v) is 3.76. The third-order valence-electron chi connectivity index (χ3n) is 3.75. The summed E-state index contributed by atoms with van der Waals surface area (Å²) in [6, 6.07) is 5.21. The van der Waals surface area contributed by atoms with E-state index in [1.54, 1.807) is 0 Å². The van der Waals surface area contributed by atoms with Crippen molar-refractivity contribution in [3.63, 3.8) is 0 Å². The Kier molecular flexibility index (Phi) is 5.43. The number of nitrogens with zero attached hydrogens (tertiary/aromatic N) is 1. The summed E-state index contributed by atoms with van der Waals surface area (Å²) < 4.78 is 1.81. The summed E-state index contributed by atoms with van der Waals surface area (Å²) in [5, 5.41) is 3.17. The van der Waals surface area contributed by atoms with Crippen molar-refractivity contribution in [2.24, 2.45) is 0 Å². The molecule has 4 nitrogen and oxygen atoms in total. The van der Waals surface area contributed by atoms with Crippen LogP contribution < -0.4 is 5.32 Å². The second kappa shape index (κ2) is 6.92. The summed E-state index contributed by atoms with van der Waals surface area (Å²) in [5.41, 5.74) is 0.816. The Bertz CT molecular complexity index is 559. The number of carbonyl (C=O) groups excluding carboxylic acids is 2. The third kappa shape index (κ3) is 3.48. The van der Waals surface area contributed by atoms with E-state index in [4.69, 9.17) is 0 Å². The minimum absolute atomic E-state index is 0.00478. The zero-order valence-electron chi connectivity index (χ0n) is 12.0. The lowest BCUT2D eigenvalue weighted by Crippen LogP contribution is -2.41. The van der Waals surface area contributed by atoms with Crippen LogP contribution in [0.1, 0.15) is 33.1 Å². The summed E-state index contributed by atoms with van der Waals surface area (Å²) in [7, 11) is 0. The summed E-state index contributed by atoms with van der Waals surface area (Å²) >= 11 is 6.85. The highest BCUT2D eigenvalue weighted by Crippen LogP contribution is 2.29. The largest absolute Gasteiger partial charge is 0.372 e. The molecule has 0 aliphatic carbocycles. The maximum Gasteiger partial charge on any atom is 0.252 e. The van der Waals surface area contributed by atoms with Crippen LogP contribution in [-0.4, -0.2) is 28.8 Å². The SMILES string of the molecule is CCC(CC)N1C(=O)CC(Nc2ccc(Br)cc2Br)C1=O. The Labute approximate surface area is 141 Å². The van der Waals surface area contributed by atoms with Crippen LogP contribution in [0.2, 0.25) is 0 Å². The van der Waals surface area contributed by atoms with Gasteiger partial charge in [-0.2, -0.15) is 0 Å². The minimum Gasteiger partial charge on any atom is -0.372 e. The summed E-state index contributed by atoms with van der Waals surface area (Å²) in [6.45, 7) is 4.00. The van der Waals surface area contributed by atoms with Gasteiger partial charge in [0.1, 0.15) is 6.04 Å². The lowest BCUT2D eigenvalue weighted by molar-refractivity contribution is -0.141. The fraction of sp³-hybridized carbons (Fsp3) is 0.467. The lowest BCUT2D eigenvalue weighted by atomic mass is 10.1. The number of imide groups is 1. The molecule has 2 rings (SSSR count). The molecule has 1 saturated heterocycles. The standard InChI is InChI=1S/C15H18Br2N2O2/c1-3-10(4-2)19-14(20)8-13(15(19)21)18-12-6-5-9(16)7-11(12)17/h5-7,10,13,18H,3-4,8H2,1-2H3. The first-order valence-corrected chi connectivity index (χ1v) is 8.64. The van der Waals surface area contributed by atoms with E-state index >= 15 is 0 Å². The van der Waals surface area contributed by atoms with E-state index in [1.165, 1.54) is 4.90 Å². The summed E-state index contributed by atoms with van der Waals surface area (Å²) in [6.07, 6.45) is 1.81. The van der Waals surface area contributed by atoms with Crippen molar-refractivity contribution in [3.05, 3.63) is 27.1 Å². The number of hydrogen-bond donors (Lipinski definition) is 1. The van der Waals surface area contributed by atoms with Crippen LogP contribution in [0.5, 0.6) is 0 Å². The van der Waals surface area contributed by atoms with Gasteiger partial charge in [0.2, 0.25) is 5.91 Å². The van der Waals surface area contributed by atoms with Gasteiger partial charge in [-0.05, 0) is 47.0 Å². The molecule has 1 unspecified atom stereocenters. The maximum atomic E-state index is 12.5. The van der Waals surface area contributed by atoms with Crippen molar-refractivity contribution >= 4 is 49.4 Å². The molecule has 0 aromatic heterocycles. The zero-order chi connectivity index (χ0) is 15.6. The molecule has 1 heterocycles. The highest BCUT2D eigenvalue weighted by molar-refractivity contribution is 9.11. The number of amides is 2. The van der Waals surface area contributed by atoms with E-state index in [9.17, 15) is 9.59 Å². The number of rotatable bonds is 5. The van der Waals surface area contributed by atoms with Crippen LogP contribution in [0.15, 0.2) is 27.1 Å². The Balaban J connectivity index is 2.15. The summed E-state index contributed by atoms with van der Waals surface area (Å²) in [5.74, 6) is -0.206. The van der Waals surface area contributed by atoms with Crippen LogP contribution in [0.4, 0.5) is 5.69 Å². The predicted molar refractivity (Wildman–Crippen MR) is 90.1 cm³/mol. The Morgan fingerprint density at radius 1 is 1.29 bits per heavy atom. The molecule has 0 radical (unpaired) electrons. The Hall–Kier alpha value is -0.880. The lowest BCUT2D eigenvalue weighted by Gasteiger charge is -2.24. The number of likely N-dealkylation sites (tertiary alicyclic amines) is 1. The van der Waals surface area contributed by atoms with Gasteiger partial charge < -0.3 is 5.32 Å². The molecule has 0 saturated carbocycles. The molecular weight excluding hydrogens is 400 g/mol. The van der Waals surface area contributed by atoms with E-state index in [2.05, 4.69) is 37.2 Å². The van der Waals surface area contributed by atoms with Gasteiger partial charge in [0, 0.05) is 20.7 Å². The van der Waals surface area contributed by atoms with Crippen molar-refractivity contribution in [1.82, 2.24) is 4.90 Å². The van der Waals surface area contributed by atoms with Crippen LogP contribution in [0.3, 0.4) is 0 Å². The fourth-order valence-electron chi connectivity index (χ4n) is 2.60. The zero-order valence-corrected chi connectivity index (χ0v) is 15.2. The van der Waals surface area contributed by atoms with Crippen LogP contribution >= 0.6 is 31.9 Å². The Morgan fingerprint density at radius 2 is 1.95 bits per heavy atom. The van der Waals surface area contributed by atoms with Gasteiger partial charge >= 0.3 is 0 Å². The second-order valence-electron chi connectivity index (χ2n) is 5.10. The first-order chi connectivity index (χ1) is 9.97. The molecule has 6 heteroatoms. The van der Waals surface area contributed by atoms with E-state index in [0.29, 0.717) is 0 Å². The van der Waals surface area contributed by atoms with Crippen LogP contribution in [-0.2, 0) is 9.59 Å². The van der Waals surface area contributed by atoms with Gasteiger partial charge in [-0.25, -0.2) is 0 Å². The molecule has 1 aliphatic heterocycles. The molecule has 1 atom stereocenters. The van der Waals surface area contributed by atoms with E-state index in [1.807, 2.05) is 32.0 Å². The van der Waals surface area contributed by atoms with Gasteiger partial charge in [-0.3, -0.25) is 14.5 Å². The molecule has 2 amide bonds. The molecule has 1 fully saturated rings. The van der Waals surface area contributed by atoms with Crippen LogP contribution in [0.25, 0.3) is 0 Å². The van der Waals surface area contributed by atoms with Crippen molar-refractivity contribution < 1.29 is 9.59 Å². The topological polar surface area (TPSA) is 49.4 Å². The van der Waals surface area contributed by atoms with Crippen molar-refractivity contribution in [3.8, 4) is 0 Å². The highest BCUT2D eigenvalue weighted by Gasteiger charge is 2.41. The number of halogens is 2. The average Bonchev–Trinajstić information content (AvgIpc) is 2.71. The highest BCUT2D eigenvalue weighted by atomic mass is 79.9. The predicted octanol–water partition coefficient (Wildman–Crippen LogP) is 3.94. The molecule has 1 aliphatic rings. The van der Waals surface area contributed by atoms with Gasteiger partial charge in [-0.15, -0.1) is 0 Å². The number of benzene rings is 1. The van der Waals surface area contributed by atoms with Crippen molar-refractivity contribution in [2.75, 3.05) is 5.32 Å². The second-order valence-corrected chi connectivity index (χ2v) is 6.87. The molecule has 21 heavy (non-hydrogen) atoms. The first kappa shape index (κ1) is 16.5. The molecule has 1 aromatic rings. The molecular formula is C15H18Br2N2O2. The van der Waals surface area contributed by atoms with Gasteiger partial charge in [-0.1, -0.05) is 29.8 Å². The van der Waals surface area contributed by atoms with Gasteiger partial charge in [0.05, 0.1) is 6.42 Å². The van der Waals surface area contributed by atoms with Crippen molar-refractivity contribution in [1.29, 1.82) is 0 Å². The van der Waals surface area contributed by atoms with E-state index in [0.717, 1.165) is 27.5 Å². The Morgan fingerprint density at radius 3 is 2.52 bits per heavy atom. The molecule has 1 N–H and O–H groups in total. The molecule has 1 aromatic carbocycles. The van der Waals surface area contributed by atoms with Gasteiger partial charge in [0.25, 0.3) is 5.91 Å². The quantitative estimate of drug-likeness (QED) is 0.738. The smallest absolute Gasteiger partial charge is 0.252 e. The number of carbonyl (C=O) groups is 2.